The van der Waals surface area contributed by atoms with Crippen LogP contribution in [0.3, 0.4) is 0 Å². The third-order valence-corrected chi connectivity index (χ3v) is 4.94. The Balaban J connectivity index is 1.38. The van der Waals surface area contributed by atoms with Crippen molar-refractivity contribution >= 4 is 29.0 Å². The van der Waals surface area contributed by atoms with E-state index >= 15 is 0 Å². The Kier molecular flexibility index (Phi) is 6.41. The monoisotopic (exact) mass is 424 g/mol. The van der Waals surface area contributed by atoms with E-state index in [1.165, 1.54) is 0 Å². The number of rotatable bonds is 6. The molecule has 0 radical (unpaired) electrons. The second kappa shape index (κ2) is 9.56. The molecule has 0 aliphatic carbocycles. The number of benzene rings is 2. The van der Waals surface area contributed by atoms with Crippen molar-refractivity contribution in [2.24, 2.45) is 0 Å². The number of aromatic nitrogens is 2. The number of nitrogens with zero attached hydrogens (tertiary/aromatic N) is 3. The molecule has 1 aromatic heterocycles. The summed E-state index contributed by atoms with van der Waals surface area (Å²) in [6.07, 6.45) is 0. The van der Waals surface area contributed by atoms with Gasteiger partial charge >= 0.3 is 0 Å². The third-order valence-electron chi connectivity index (χ3n) is 4.62. The van der Waals surface area contributed by atoms with E-state index in [1.807, 2.05) is 36.4 Å². The van der Waals surface area contributed by atoms with Gasteiger partial charge in [0.1, 0.15) is 5.75 Å². The van der Waals surface area contributed by atoms with Crippen LogP contribution in [0, 0.1) is 0 Å². The van der Waals surface area contributed by atoms with Gasteiger partial charge in [0.15, 0.2) is 12.4 Å². The molecule has 3 aromatic rings. The summed E-state index contributed by atoms with van der Waals surface area (Å²) < 4.78 is 10.8. The van der Waals surface area contributed by atoms with Crippen LogP contribution in [0.25, 0.3) is 11.3 Å². The Morgan fingerprint density at radius 2 is 1.90 bits per heavy atom. The number of ether oxygens (including phenoxy) is 2. The summed E-state index contributed by atoms with van der Waals surface area (Å²) in [7, 11) is 0. The summed E-state index contributed by atoms with van der Waals surface area (Å²) in [5.41, 5.74) is 2.25. The van der Waals surface area contributed by atoms with Gasteiger partial charge in [0, 0.05) is 24.3 Å². The zero-order valence-corrected chi connectivity index (χ0v) is 17.0. The quantitative estimate of drug-likeness (QED) is 0.650. The molecule has 0 spiro atoms. The van der Waals surface area contributed by atoms with E-state index in [2.05, 4.69) is 20.4 Å². The van der Waals surface area contributed by atoms with Gasteiger partial charge in [0.2, 0.25) is 0 Å². The van der Waals surface area contributed by atoms with E-state index < -0.39 is 0 Å². The largest absolute Gasteiger partial charge is 0.482 e. The van der Waals surface area contributed by atoms with Crippen LogP contribution in [-0.4, -0.2) is 49.0 Å². The van der Waals surface area contributed by atoms with Crippen LogP contribution >= 0.6 is 11.6 Å². The molecule has 0 unspecified atom stereocenters. The molecule has 0 saturated carbocycles. The highest BCUT2D eigenvalue weighted by Crippen LogP contribution is 2.24. The topological polar surface area (TPSA) is 76.6 Å². The van der Waals surface area contributed by atoms with E-state index in [1.54, 1.807) is 24.3 Å². The van der Waals surface area contributed by atoms with E-state index in [0.29, 0.717) is 29.7 Å². The average Bonchev–Trinajstić information content (AvgIpc) is 2.79. The summed E-state index contributed by atoms with van der Waals surface area (Å²) in [6.45, 7) is 2.89. The van der Waals surface area contributed by atoms with Gasteiger partial charge in [-0.25, -0.2) is 0 Å². The van der Waals surface area contributed by atoms with Crippen molar-refractivity contribution in [2.45, 2.75) is 0 Å². The maximum absolute atomic E-state index is 12.2. The first kappa shape index (κ1) is 20.1. The predicted molar refractivity (Wildman–Crippen MR) is 116 cm³/mol. The minimum Gasteiger partial charge on any atom is -0.482 e. The van der Waals surface area contributed by atoms with Crippen LogP contribution in [-0.2, 0) is 9.53 Å². The van der Waals surface area contributed by atoms with Crippen LogP contribution in [0.4, 0.5) is 11.5 Å². The standard InChI is InChI=1S/C22H21ClN4O3/c23-18-6-1-2-7-20(18)30-15-22(28)24-17-5-3-4-16(14-17)19-8-9-21(26-25-19)27-10-12-29-13-11-27/h1-9,14H,10-13,15H2,(H,24,28). The van der Waals surface area contributed by atoms with Crippen LogP contribution < -0.4 is 15.0 Å². The highest BCUT2D eigenvalue weighted by Gasteiger charge is 2.13. The molecular formula is C22H21ClN4O3. The van der Waals surface area contributed by atoms with Crippen molar-refractivity contribution in [3.8, 4) is 17.0 Å². The summed E-state index contributed by atoms with van der Waals surface area (Å²) in [4.78, 5) is 14.4. The van der Waals surface area contributed by atoms with Crippen molar-refractivity contribution in [3.63, 3.8) is 0 Å². The second-order valence-corrected chi connectivity index (χ2v) is 7.13. The van der Waals surface area contributed by atoms with Crippen LogP contribution in [0.1, 0.15) is 0 Å². The lowest BCUT2D eigenvalue weighted by Crippen LogP contribution is -2.36. The van der Waals surface area contributed by atoms with Gasteiger partial charge in [-0.2, -0.15) is 0 Å². The minimum atomic E-state index is -0.277. The maximum atomic E-state index is 12.2. The Labute approximate surface area is 179 Å². The van der Waals surface area contributed by atoms with E-state index in [4.69, 9.17) is 21.1 Å². The minimum absolute atomic E-state index is 0.137. The average molecular weight is 425 g/mol. The van der Waals surface area contributed by atoms with E-state index in [0.717, 1.165) is 30.2 Å². The van der Waals surface area contributed by atoms with Crippen LogP contribution in [0.5, 0.6) is 5.75 Å². The summed E-state index contributed by atoms with van der Waals surface area (Å²) in [5, 5.41) is 12.0. The van der Waals surface area contributed by atoms with E-state index in [-0.39, 0.29) is 12.5 Å². The number of hydrogen-bond acceptors (Lipinski definition) is 6. The fraction of sp³-hybridized carbons (Fsp3) is 0.227. The van der Waals surface area contributed by atoms with Gasteiger partial charge in [0.05, 0.1) is 23.9 Å². The molecule has 1 aliphatic rings. The normalized spacial score (nSPS) is 13.7. The van der Waals surface area contributed by atoms with Gasteiger partial charge in [-0.05, 0) is 36.4 Å². The molecule has 1 saturated heterocycles. The SMILES string of the molecule is O=C(COc1ccccc1Cl)Nc1cccc(-c2ccc(N3CCOCC3)nn2)c1. The highest BCUT2D eigenvalue weighted by molar-refractivity contribution is 6.32. The molecule has 2 aromatic carbocycles. The van der Waals surface area contributed by atoms with Gasteiger partial charge in [-0.1, -0.05) is 35.9 Å². The van der Waals surface area contributed by atoms with Crippen molar-refractivity contribution in [1.29, 1.82) is 0 Å². The van der Waals surface area contributed by atoms with Gasteiger partial charge in [-0.15, -0.1) is 10.2 Å². The molecule has 1 fully saturated rings. The number of para-hydroxylation sites is 1. The van der Waals surface area contributed by atoms with Crippen molar-refractivity contribution in [2.75, 3.05) is 43.1 Å². The number of nitrogens with one attached hydrogen (secondary N) is 1. The zero-order chi connectivity index (χ0) is 20.8. The third kappa shape index (κ3) is 5.06. The zero-order valence-electron chi connectivity index (χ0n) is 16.3. The Hall–Kier alpha value is -3.16. The predicted octanol–water partition coefficient (Wildman–Crippen LogP) is 3.65. The number of hydrogen-bond donors (Lipinski definition) is 1. The van der Waals surface area contributed by atoms with Crippen molar-refractivity contribution in [3.05, 3.63) is 65.7 Å². The number of halogens is 1. The first-order chi connectivity index (χ1) is 14.7. The van der Waals surface area contributed by atoms with Gasteiger partial charge in [-0.3, -0.25) is 4.79 Å². The fourth-order valence-corrected chi connectivity index (χ4v) is 3.29. The number of amides is 1. The fourth-order valence-electron chi connectivity index (χ4n) is 3.10. The Bertz CT molecular complexity index is 1010. The van der Waals surface area contributed by atoms with Crippen LogP contribution in [0.2, 0.25) is 5.02 Å². The molecule has 0 bridgehead atoms. The van der Waals surface area contributed by atoms with E-state index in [9.17, 15) is 4.79 Å². The van der Waals surface area contributed by atoms with Crippen molar-refractivity contribution in [1.82, 2.24) is 10.2 Å². The number of morpholine rings is 1. The number of carbonyl (C=O) groups excluding carboxylic acids is 1. The second-order valence-electron chi connectivity index (χ2n) is 6.72. The molecule has 1 amide bonds. The first-order valence-electron chi connectivity index (χ1n) is 9.63. The molecule has 154 valence electrons. The first-order valence-corrected chi connectivity index (χ1v) is 10.0. The summed E-state index contributed by atoms with van der Waals surface area (Å²) in [6, 6.07) is 18.4. The maximum Gasteiger partial charge on any atom is 0.262 e. The van der Waals surface area contributed by atoms with Gasteiger partial charge in [0.25, 0.3) is 5.91 Å². The highest BCUT2D eigenvalue weighted by atomic mass is 35.5. The Morgan fingerprint density at radius 1 is 1.07 bits per heavy atom. The molecule has 2 heterocycles. The molecule has 4 rings (SSSR count). The lowest BCUT2D eigenvalue weighted by molar-refractivity contribution is -0.118. The number of anilines is 2. The Morgan fingerprint density at radius 3 is 2.67 bits per heavy atom. The molecule has 30 heavy (non-hydrogen) atoms. The lowest BCUT2D eigenvalue weighted by Gasteiger charge is -2.27. The molecule has 0 atom stereocenters. The molecule has 8 heteroatoms. The molecule has 1 N–H and O–H groups in total. The van der Waals surface area contributed by atoms with Crippen molar-refractivity contribution < 1.29 is 14.3 Å². The molecular weight excluding hydrogens is 404 g/mol. The lowest BCUT2D eigenvalue weighted by atomic mass is 10.1. The summed E-state index contributed by atoms with van der Waals surface area (Å²) in [5.74, 6) is 1.03. The smallest absolute Gasteiger partial charge is 0.262 e. The van der Waals surface area contributed by atoms with Crippen LogP contribution in [0.15, 0.2) is 60.7 Å². The van der Waals surface area contributed by atoms with Gasteiger partial charge < -0.3 is 19.7 Å². The summed E-state index contributed by atoms with van der Waals surface area (Å²) >= 11 is 6.04. The number of carbonyl (C=O) groups is 1. The molecule has 7 nitrogen and oxygen atoms in total. The molecule has 1 aliphatic heterocycles.